The molecule has 0 unspecified atom stereocenters. The zero-order valence-electron chi connectivity index (χ0n) is 11.7. The third kappa shape index (κ3) is 3.54. The lowest BCUT2D eigenvalue weighted by atomic mass is 10.1. The fraction of sp³-hybridized carbons (Fsp3) is 0.176. The van der Waals surface area contributed by atoms with Gasteiger partial charge < -0.3 is 4.74 Å². The maximum Gasteiger partial charge on any atom is 0.204 e. The average molecular weight is 267 g/mol. The maximum absolute atomic E-state index is 12.0. The molecule has 0 atom stereocenters. The van der Waals surface area contributed by atoms with E-state index in [1.54, 1.807) is 24.3 Å². The summed E-state index contributed by atoms with van der Waals surface area (Å²) in [4.78, 5) is 16.2. The second-order valence-electron chi connectivity index (χ2n) is 4.37. The molecule has 20 heavy (non-hydrogen) atoms. The molecule has 2 rings (SSSR count). The molecule has 0 aliphatic carbocycles. The van der Waals surface area contributed by atoms with Crippen LogP contribution in [-0.2, 0) is 0 Å². The zero-order chi connectivity index (χ0) is 14.4. The van der Waals surface area contributed by atoms with Crippen molar-refractivity contribution in [1.29, 1.82) is 0 Å². The van der Waals surface area contributed by atoms with Gasteiger partial charge in [0.25, 0.3) is 0 Å². The van der Waals surface area contributed by atoms with E-state index in [9.17, 15) is 4.79 Å². The molecule has 0 radical (unpaired) electrons. The van der Waals surface area contributed by atoms with Crippen molar-refractivity contribution in [1.82, 2.24) is 0 Å². The lowest BCUT2D eigenvalue weighted by Crippen LogP contribution is -2.00. The molecule has 2 aromatic rings. The monoisotopic (exact) mass is 267 g/mol. The number of hydrogen-bond acceptors (Lipinski definition) is 3. The standard InChI is InChI=1S/C17H17NO2/c1-3-20-15-10-8-14(9-11-15)17(19)12-18-16-7-5-4-6-13(16)2/h4-12H,3H2,1-2H3. The minimum Gasteiger partial charge on any atom is -0.494 e. The number of para-hydroxylation sites is 1. The van der Waals surface area contributed by atoms with E-state index in [1.807, 2.05) is 38.1 Å². The highest BCUT2D eigenvalue weighted by Crippen LogP contribution is 2.17. The van der Waals surface area contributed by atoms with Gasteiger partial charge in [0.1, 0.15) is 5.75 Å². The van der Waals surface area contributed by atoms with Crippen molar-refractivity contribution in [3.8, 4) is 5.75 Å². The van der Waals surface area contributed by atoms with Crippen LogP contribution in [0, 0.1) is 6.92 Å². The van der Waals surface area contributed by atoms with Crippen LogP contribution in [0.4, 0.5) is 5.69 Å². The van der Waals surface area contributed by atoms with Crippen LogP contribution < -0.4 is 4.74 Å². The number of hydrogen-bond donors (Lipinski definition) is 0. The van der Waals surface area contributed by atoms with Crippen molar-refractivity contribution in [2.75, 3.05) is 6.61 Å². The molecule has 3 heteroatoms. The molecule has 102 valence electrons. The highest BCUT2D eigenvalue weighted by atomic mass is 16.5. The number of Topliss-reactive ketones (excluding diaryl/α,β-unsaturated/α-hetero) is 1. The third-order valence-electron chi connectivity index (χ3n) is 2.89. The Morgan fingerprint density at radius 2 is 1.85 bits per heavy atom. The Balaban J connectivity index is 2.10. The Labute approximate surface area is 118 Å². The molecule has 0 heterocycles. The minimum absolute atomic E-state index is 0.115. The van der Waals surface area contributed by atoms with Crippen LogP contribution in [0.1, 0.15) is 22.8 Å². The van der Waals surface area contributed by atoms with Gasteiger partial charge in [-0.15, -0.1) is 0 Å². The van der Waals surface area contributed by atoms with Gasteiger partial charge in [0, 0.05) is 5.56 Å². The lowest BCUT2D eigenvalue weighted by Gasteiger charge is -2.03. The van der Waals surface area contributed by atoms with Gasteiger partial charge in [-0.3, -0.25) is 9.79 Å². The van der Waals surface area contributed by atoms with Crippen LogP contribution >= 0.6 is 0 Å². The summed E-state index contributed by atoms with van der Waals surface area (Å²) < 4.78 is 5.34. The number of aryl methyl sites for hydroxylation is 1. The molecule has 0 saturated heterocycles. The van der Waals surface area contributed by atoms with Crippen LogP contribution in [0.15, 0.2) is 53.5 Å². The van der Waals surface area contributed by atoms with Crippen LogP contribution in [0.2, 0.25) is 0 Å². The lowest BCUT2D eigenvalue weighted by molar-refractivity contribution is 0.107. The van der Waals surface area contributed by atoms with Crippen molar-refractivity contribution in [3.05, 3.63) is 59.7 Å². The predicted molar refractivity (Wildman–Crippen MR) is 81.3 cm³/mol. The Kier molecular flexibility index (Phi) is 4.66. The van der Waals surface area contributed by atoms with E-state index in [4.69, 9.17) is 4.74 Å². The van der Waals surface area contributed by atoms with E-state index in [0.29, 0.717) is 12.2 Å². The van der Waals surface area contributed by atoms with E-state index in [1.165, 1.54) is 6.21 Å². The molecule has 0 aliphatic rings. The topological polar surface area (TPSA) is 38.7 Å². The van der Waals surface area contributed by atoms with E-state index in [2.05, 4.69) is 4.99 Å². The minimum atomic E-state index is -0.115. The van der Waals surface area contributed by atoms with Gasteiger partial charge >= 0.3 is 0 Å². The Morgan fingerprint density at radius 3 is 2.50 bits per heavy atom. The first kappa shape index (κ1) is 14.0. The fourth-order valence-electron chi connectivity index (χ4n) is 1.79. The molecule has 3 nitrogen and oxygen atoms in total. The summed E-state index contributed by atoms with van der Waals surface area (Å²) in [7, 11) is 0. The molecular formula is C17H17NO2. The second-order valence-corrected chi connectivity index (χ2v) is 4.37. The van der Waals surface area contributed by atoms with Crippen LogP contribution in [0.3, 0.4) is 0 Å². The highest BCUT2D eigenvalue weighted by Gasteiger charge is 2.03. The Morgan fingerprint density at radius 1 is 1.15 bits per heavy atom. The number of carbonyl (C=O) groups is 1. The number of rotatable bonds is 5. The number of ether oxygens (including phenoxy) is 1. The Hall–Kier alpha value is -2.42. The Bertz CT molecular complexity index is 615. The first-order chi connectivity index (χ1) is 9.70. The van der Waals surface area contributed by atoms with Gasteiger partial charge in [0.05, 0.1) is 18.5 Å². The van der Waals surface area contributed by atoms with Gasteiger partial charge in [-0.05, 0) is 49.7 Å². The normalized spacial score (nSPS) is 10.7. The molecule has 0 saturated carbocycles. The summed E-state index contributed by atoms with van der Waals surface area (Å²) in [6.07, 6.45) is 1.36. The van der Waals surface area contributed by atoms with Gasteiger partial charge in [-0.1, -0.05) is 18.2 Å². The largest absolute Gasteiger partial charge is 0.494 e. The number of nitrogens with zero attached hydrogens (tertiary/aromatic N) is 1. The maximum atomic E-state index is 12.0. The highest BCUT2D eigenvalue weighted by molar-refractivity contribution is 6.35. The molecule has 0 aliphatic heterocycles. The van der Waals surface area contributed by atoms with Crippen molar-refractivity contribution < 1.29 is 9.53 Å². The molecule has 0 aromatic heterocycles. The first-order valence-corrected chi connectivity index (χ1v) is 6.57. The summed E-state index contributed by atoms with van der Waals surface area (Å²) in [5, 5.41) is 0. The van der Waals surface area contributed by atoms with Crippen molar-refractivity contribution in [2.24, 2.45) is 4.99 Å². The summed E-state index contributed by atoms with van der Waals surface area (Å²) in [6.45, 7) is 4.50. The SMILES string of the molecule is CCOc1ccc(C(=O)C=Nc2ccccc2C)cc1. The molecule has 2 aromatic carbocycles. The van der Waals surface area contributed by atoms with Crippen molar-refractivity contribution in [2.45, 2.75) is 13.8 Å². The molecule has 0 bridgehead atoms. The molecule has 0 fully saturated rings. The van der Waals surface area contributed by atoms with E-state index >= 15 is 0 Å². The van der Waals surface area contributed by atoms with E-state index in [0.717, 1.165) is 17.0 Å². The summed E-state index contributed by atoms with van der Waals surface area (Å²) in [5.41, 5.74) is 2.46. The van der Waals surface area contributed by atoms with E-state index < -0.39 is 0 Å². The first-order valence-electron chi connectivity index (χ1n) is 6.57. The number of aliphatic imine (C=N–C) groups is 1. The summed E-state index contributed by atoms with van der Waals surface area (Å²) in [6, 6.07) is 14.8. The quantitative estimate of drug-likeness (QED) is 0.607. The molecule has 0 amide bonds. The van der Waals surface area contributed by atoms with Gasteiger partial charge in [-0.25, -0.2) is 0 Å². The summed E-state index contributed by atoms with van der Waals surface area (Å²) in [5.74, 6) is 0.649. The average Bonchev–Trinajstić information content (AvgIpc) is 2.47. The molecule has 0 spiro atoms. The van der Waals surface area contributed by atoms with Crippen molar-refractivity contribution >= 4 is 17.7 Å². The van der Waals surface area contributed by atoms with Crippen LogP contribution in [-0.4, -0.2) is 18.6 Å². The van der Waals surface area contributed by atoms with Crippen molar-refractivity contribution in [3.63, 3.8) is 0 Å². The summed E-state index contributed by atoms with van der Waals surface area (Å²) >= 11 is 0. The molecular weight excluding hydrogens is 250 g/mol. The van der Waals surface area contributed by atoms with Gasteiger partial charge in [-0.2, -0.15) is 0 Å². The van der Waals surface area contributed by atoms with Gasteiger partial charge in [0.15, 0.2) is 0 Å². The smallest absolute Gasteiger partial charge is 0.204 e. The third-order valence-corrected chi connectivity index (χ3v) is 2.89. The molecule has 0 N–H and O–H groups in total. The number of ketones is 1. The fourth-order valence-corrected chi connectivity index (χ4v) is 1.79. The predicted octanol–water partition coefficient (Wildman–Crippen LogP) is 3.98. The van der Waals surface area contributed by atoms with E-state index in [-0.39, 0.29) is 5.78 Å². The van der Waals surface area contributed by atoms with Crippen LogP contribution in [0.5, 0.6) is 5.75 Å². The zero-order valence-corrected chi connectivity index (χ0v) is 11.7. The number of carbonyl (C=O) groups excluding carboxylic acids is 1. The number of benzene rings is 2. The van der Waals surface area contributed by atoms with Crippen LogP contribution in [0.25, 0.3) is 0 Å². The van der Waals surface area contributed by atoms with Gasteiger partial charge in [0.2, 0.25) is 5.78 Å². The second kappa shape index (κ2) is 6.66.